The molecule has 0 aliphatic rings. The molecule has 0 saturated carbocycles. The van der Waals surface area contributed by atoms with Crippen molar-refractivity contribution in [1.82, 2.24) is 4.57 Å². The highest BCUT2D eigenvalue weighted by molar-refractivity contribution is 5.73. The lowest BCUT2D eigenvalue weighted by atomic mass is 10.3. The molecule has 0 spiro atoms. The zero-order valence-electron chi connectivity index (χ0n) is 14.6. The van der Waals surface area contributed by atoms with Crippen LogP contribution in [0.3, 0.4) is 0 Å². The lowest BCUT2D eigenvalue weighted by molar-refractivity contribution is -0.665. The molecule has 6 heteroatoms. The van der Waals surface area contributed by atoms with E-state index >= 15 is 0 Å². The van der Waals surface area contributed by atoms with Crippen LogP contribution in [-0.4, -0.2) is 29.5 Å². The molecule has 6 nitrogen and oxygen atoms in total. The molecule has 3 rings (SSSR count). The van der Waals surface area contributed by atoms with Crippen LogP contribution in [0.1, 0.15) is 6.92 Å². The minimum absolute atomic E-state index is 0.185. The van der Waals surface area contributed by atoms with Crippen LogP contribution in [0.4, 0.5) is 5.95 Å². The zero-order valence-corrected chi connectivity index (χ0v) is 14.6. The van der Waals surface area contributed by atoms with Gasteiger partial charge in [0.05, 0.1) is 13.7 Å². The second kappa shape index (κ2) is 7.44. The van der Waals surface area contributed by atoms with Gasteiger partial charge in [-0.1, -0.05) is 12.1 Å². The maximum atomic E-state index is 10.4. The molecule has 1 atom stereocenters. The Morgan fingerprint density at radius 1 is 1.12 bits per heavy atom. The molecule has 0 saturated heterocycles. The standard InChI is InChI=1S/C19H23N3O3/c1-3-21-17-6-4-5-7-18(17)22(19(21)20)12-14(23)13-25-16-10-8-15(24-2)9-11-16/h4-11,14,20,23H,3,12-13H2,1-2H3/p+1. The number of anilines is 1. The number of imidazole rings is 1. The SMILES string of the molecule is CCn1c(N)[n+](CC(O)COc2ccc(OC)cc2)c2ccccc21. The van der Waals surface area contributed by atoms with Gasteiger partial charge in [-0.3, -0.25) is 5.73 Å². The number of rotatable bonds is 7. The van der Waals surface area contributed by atoms with E-state index in [9.17, 15) is 5.11 Å². The molecule has 0 aliphatic carbocycles. The molecule has 0 aliphatic heterocycles. The highest BCUT2D eigenvalue weighted by atomic mass is 16.5. The Morgan fingerprint density at radius 2 is 1.80 bits per heavy atom. The molecule has 3 aromatic rings. The van der Waals surface area contributed by atoms with Gasteiger partial charge in [-0.25, -0.2) is 9.13 Å². The maximum absolute atomic E-state index is 10.4. The number of methoxy groups -OCH3 is 1. The highest BCUT2D eigenvalue weighted by Gasteiger charge is 2.22. The van der Waals surface area contributed by atoms with Crippen LogP contribution >= 0.6 is 0 Å². The average molecular weight is 342 g/mol. The number of aliphatic hydroxyl groups is 1. The first-order chi connectivity index (χ1) is 12.1. The summed E-state index contributed by atoms with van der Waals surface area (Å²) in [6, 6.07) is 15.3. The van der Waals surface area contributed by atoms with Crippen LogP contribution in [0.15, 0.2) is 48.5 Å². The number of fused-ring (bicyclic) bond motifs is 1. The van der Waals surface area contributed by atoms with Gasteiger partial charge in [-0.05, 0) is 43.3 Å². The van der Waals surface area contributed by atoms with Crippen molar-refractivity contribution < 1.29 is 19.1 Å². The van der Waals surface area contributed by atoms with Crippen molar-refractivity contribution >= 4 is 17.0 Å². The number of nitrogens with two attached hydrogens (primary N) is 1. The Morgan fingerprint density at radius 3 is 2.48 bits per heavy atom. The summed E-state index contributed by atoms with van der Waals surface area (Å²) in [6.07, 6.45) is -0.675. The van der Waals surface area contributed by atoms with Crippen molar-refractivity contribution in [3.8, 4) is 11.5 Å². The fraction of sp³-hybridized carbons (Fsp3) is 0.316. The number of ether oxygens (including phenoxy) is 2. The van der Waals surface area contributed by atoms with E-state index in [0.29, 0.717) is 18.2 Å². The summed E-state index contributed by atoms with van der Waals surface area (Å²) in [6.45, 7) is 3.38. The predicted molar refractivity (Wildman–Crippen MR) is 96.7 cm³/mol. The summed E-state index contributed by atoms with van der Waals surface area (Å²) in [5, 5.41) is 10.4. The van der Waals surface area contributed by atoms with Gasteiger partial charge in [-0.15, -0.1) is 0 Å². The van der Waals surface area contributed by atoms with Crippen LogP contribution in [0, 0.1) is 0 Å². The van der Waals surface area contributed by atoms with Crippen LogP contribution in [-0.2, 0) is 13.1 Å². The fourth-order valence-electron chi connectivity index (χ4n) is 2.97. The third-order valence-corrected chi connectivity index (χ3v) is 4.23. The summed E-state index contributed by atoms with van der Waals surface area (Å²) in [5.74, 6) is 2.09. The Hall–Kier alpha value is -2.73. The average Bonchev–Trinajstić information content (AvgIpc) is 2.91. The minimum Gasteiger partial charge on any atom is -0.497 e. The topological polar surface area (TPSA) is 73.5 Å². The first kappa shape index (κ1) is 17.1. The van der Waals surface area contributed by atoms with Gasteiger partial charge in [0.1, 0.15) is 41.8 Å². The van der Waals surface area contributed by atoms with Gasteiger partial charge >= 0.3 is 5.95 Å². The fourth-order valence-corrected chi connectivity index (χ4v) is 2.97. The van der Waals surface area contributed by atoms with Crippen molar-refractivity contribution in [1.29, 1.82) is 0 Å². The number of aryl methyl sites for hydroxylation is 1. The summed E-state index contributed by atoms with van der Waals surface area (Å²) in [7, 11) is 1.62. The molecule has 0 fully saturated rings. The first-order valence-corrected chi connectivity index (χ1v) is 8.35. The summed E-state index contributed by atoms with van der Waals surface area (Å²) in [5.41, 5.74) is 8.34. The van der Waals surface area contributed by atoms with Crippen LogP contribution in [0.25, 0.3) is 11.0 Å². The van der Waals surface area contributed by atoms with Gasteiger partial charge in [0, 0.05) is 0 Å². The number of nitrogen functional groups attached to an aromatic ring is 1. The van der Waals surface area contributed by atoms with E-state index < -0.39 is 6.10 Å². The van der Waals surface area contributed by atoms with Gasteiger partial charge < -0.3 is 14.6 Å². The number of para-hydroxylation sites is 2. The van der Waals surface area contributed by atoms with E-state index in [-0.39, 0.29) is 6.61 Å². The molecule has 0 radical (unpaired) electrons. The lowest BCUT2D eigenvalue weighted by Crippen LogP contribution is -2.43. The normalized spacial score (nSPS) is 12.3. The van der Waals surface area contributed by atoms with Crippen molar-refractivity contribution in [3.63, 3.8) is 0 Å². The Kier molecular flexibility index (Phi) is 5.09. The van der Waals surface area contributed by atoms with Crippen LogP contribution in [0.2, 0.25) is 0 Å². The maximum Gasteiger partial charge on any atom is 0.356 e. The third-order valence-electron chi connectivity index (χ3n) is 4.23. The molecule has 1 heterocycles. The monoisotopic (exact) mass is 342 g/mol. The van der Waals surface area contributed by atoms with Crippen molar-refractivity contribution in [3.05, 3.63) is 48.5 Å². The molecule has 132 valence electrons. The number of hydrogen-bond acceptors (Lipinski definition) is 4. The Bertz CT molecular complexity index is 843. The Balaban J connectivity index is 1.71. The highest BCUT2D eigenvalue weighted by Crippen LogP contribution is 2.18. The third kappa shape index (κ3) is 3.53. The number of aliphatic hydroxyl groups excluding tert-OH is 1. The second-order valence-electron chi connectivity index (χ2n) is 5.84. The number of benzene rings is 2. The van der Waals surface area contributed by atoms with Gasteiger partial charge in [-0.2, -0.15) is 0 Å². The zero-order chi connectivity index (χ0) is 17.8. The molecule has 25 heavy (non-hydrogen) atoms. The van der Waals surface area contributed by atoms with Gasteiger partial charge in [0.15, 0.2) is 0 Å². The van der Waals surface area contributed by atoms with E-state index in [0.717, 1.165) is 23.3 Å². The summed E-state index contributed by atoms with van der Waals surface area (Å²) in [4.78, 5) is 0. The smallest absolute Gasteiger partial charge is 0.356 e. The van der Waals surface area contributed by atoms with Crippen molar-refractivity contribution in [2.24, 2.45) is 0 Å². The largest absolute Gasteiger partial charge is 0.497 e. The molecular formula is C19H24N3O3+. The number of nitrogens with zero attached hydrogens (tertiary/aromatic N) is 2. The quantitative estimate of drug-likeness (QED) is 0.644. The van der Waals surface area contributed by atoms with E-state index in [1.807, 2.05) is 57.7 Å². The van der Waals surface area contributed by atoms with E-state index in [4.69, 9.17) is 15.2 Å². The van der Waals surface area contributed by atoms with E-state index in [1.54, 1.807) is 7.11 Å². The summed E-state index contributed by atoms with van der Waals surface area (Å²) >= 11 is 0. The summed E-state index contributed by atoms with van der Waals surface area (Å²) < 4.78 is 14.7. The minimum atomic E-state index is -0.675. The molecule has 0 bridgehead atoms. The van der Waals surface area contributed by atoms with Crippen molar-refractivity contribution in [2.75, 3.05) is 19.5 Å². The first-order valence-electron chi connectivity index (χ1n) is 8.35. The van der Waals surface area contributed by atoms with E-state index in [2.05, 4.69) is 6.92 Å². The molecule has 1 aromatic heterocycles. The second-order valence-corrected chi connectivity index (χ2v) is 5.84. The molecule has 0 amide bonds. The molecule has 2 aromatic carbocycles. The Labute approximate surface area is 147 Å². The van der Waals surface area contributed by atoms with Gasteiger partial charge in [0.2, 0.25) is 0 Å². The molecule has 3 N–H and O–H groups in total. The molecule has 1 unspecified atom stereocenters. The lowest BCUT2D eigenvalue weighted by Gasteiger charge is -2.12. The van der Waals surface area contributed by atoms with Crippen LogP contribution < -0.4 is 19.8 Å². The molecular weight excluding hydrogens is 318 g/mol. The number of hydrogen-bond donors (Lipinski definition) is 2. The van der Waals surface area contributed by atoms with Gasteiger partial charge in [0.25, 0.3) is 0 Å². The number of aromatic nitrogens is 2. The van der Waals surface area contributed by atoms with E-state index in [1.165, 1.54) is 0 Å². The van der Waals surface area contributed by atoms with Crippen LogP contribution in [0.5, 0.6) is 11.5 Å². The van der Waals surface area contributed by atoms with Crippen molar-refractivity contribution in [2.45, 2.75) is 26.1 Å². The predicted octanol–water partition coefficient (Wildman–Crippen LogP) is 1.98.